The van der Waals surface area contributed by atoms with E-state index in [1.807, 2.05) is 0 Å². The highest BCUT2D eigenvalue weighted by molar-refractivity contribution is 6.30. The molecule has 0 aliphatic carbocycles. The molecule has 1 heterocycles. The number of carbonyl (C=O) groups is 3. The molecule has 194 valence electrons. The summed E-state index contributed by atoms with van der Waals surface area (Å²) >= 11 is 5.80. The third kappa shape index (κ3) is 6.94. The van der Waals surface area contributed by atoms with Gasteiger partial charge in [0.2, 0.25) is 11.8 Å². The van der Waals surface area contributed by atoms with E-state index in [9.17, 15) is 31.9 Å². The van der Waals surface area contributed by atoms with Crippen molar-refractivity contribution in [1.82, 2.24) is 21.3 Å². The molecule has 1 aliphatic rings. The van der Waals surface area contributed by atoms with Crippen LogP contribution in [0.15, 0.2) is 42.5 Å². The monoisotopic (exact) mass is 528 g/mol. The Bertz CT molecular complexity index is 1100. The van der Waals surface area contributed by atoms with Crippen LogP contribution < -0.4 is 21.3 Å². The molecule has 0 unspecified atom stereocenters. The van der Waals surface area contributed by atoms with Gasteiger partial charge in [-0.1, -0.05) is 23.7 Å². The predicted molar refractivity (Wildman–Crippen MR) is 125 cm³/mol. The van der Waals surface area contributed by atoms with Crippen LogP contribution in [-0.4, -0.2) is 49.4 Å². The average molecular weight is 529 g/mol. The van der Waals surface area contributed by atoms with Gasteiger partial charge in [0, 0.05) is 23.7 Å². The number of benzene rings is 2. The van der Waals surface area contributed by atoms with Gasteiger partial charge in [0.25, 0.3) is 5.91 Å². The number of nitrogens with one attached hydrogen (secondary N) is 4. The molecule has 1 aliphatic heterocycles. The SMILES string of the molecule is O=C(Cc1cccc(C(F)(F)F)c1F)NC1(C(=O)NCCNC(=O)c2ccc(Cl)cc2)CCNCC1. The summed E-state index contributed by atoms with van der Waals surface area (Å²) < 4.78 is 53.3. The lowest BCUT2D eigenvalue weighted by Crippen LogP contribution is -2.63. The highest BCUT2D eigenvalue weighted by Gasteiger charge is 2.41. The molecule has 12 heteroatoms. The first-order valence-corrected chi connectivity index (χ1v) is 11.6. The minimum absolute atomic E-state index is 0.0749. The lowest BCUT2D eigenvalue weighted by Gasteiger charge is -2.37. The molecule has 3 rings (SSSR count). The molecular weight excluding hydrogens is 504 g/mol. The van der Waals surface area contributed by atoms with Crippen molar-refractivity contribution in [3.63, 3.8) is 0 Å². The molecule has 0 spiro atoms. The predicted octanol–water partition coefficient (Wildman–Crippen LogP) is 2.83. The van der Waals surface area contributed by atoms with E-state index >= 15 is 0 Å². The van der Waals surface area contributed by atoms with Crippen LogP contribution in [-0.2, 0) is 22.2 Å². The molecule has 1 saturated heterocycles. The molecule has 7 nitrogen and oxygen atoms in total. The summed E-state index contributed by atoms with van der Waals surface area (Å²) in [6.07, 6.45) is -5.09. The van der Waals surface area contributed by atoms with Crippen LogP contribution >= 0.6 is 11.6 Å². The average Bonchev–Trinajstić information content (AvgIpc) is 2.83. The lowest BCUT2D eigenvalue weighted by atomic mass is 9.86. The van der Waals surface area contributed by atoms with Gasteiger partial charge < -0.3 is 21.3 Å². The Morgan fingerprint density at radius 3 is 2.25 bits per heavy atom. The Morgan fingerprint density at radius 2 is 1.61 bits per heavy atom. The first-order valence-electron chi connectivity index (χ1n) is 11.2. The largest absolute Gasteiger partial charge is 0.419 e. The standard InChI is InChI=1S/C24H25ClF4N4O3/c25-17-6-4-15(5-7-17)21(35)31-12-13-32-22(36)23(8-10-30-11-9-23)33-19(34)14-16-2-1-3-18(20(16)26)24(27,28)29/h1-7,30H,8-14H2,(H,31,35)(H,32,36)(H,33,34). The minimum atomic E-state index is -4.89. The van der Waals surface area contributed by atoms with Gasteiger partial charge in [0.1, 0.15) is 11.4 Å². The normalized spacial score (nSPS) is 15.1. The zero-order valence-corrected chi connectivity index (χ0v) is 19.9. The molecule has 2 aromatic carbocycles. The van der Waals surface area contributed by atoms with Gasteiger partial charge in [-0.3, -0.25) is 14.4 Å². The summed E-state index contributed by atoms with van der Waals surface area (Å²) in [6, 6.07) is 9.00. The molecule has 0 bridgehead atoms. The fourth-order valence-electron chi connectivity index (χ4n) is 3.91. The van der Waals surface area contributed by atoms with Gasteiger partial charge in [0.15, 0.2) is 0 Å². The molecule has 0 aromatic heterocycles. The number of rotatable bonds is 8. The minimum Gasteiger partial charge on any atom is -0.352 e. The highest BCUT2D eigenvalue weighted by atomic mass is 35.5. The van der Waals surface area contributed by atoms with Gasteiger partial charge in [-0.05, 0) is 61.8 Å². The van der Waals surface area contributed by atoms with Crippen molar-refractivity contribution >= 4 is 29.3 Å². The Labute approximate surface area is 210 Å². The summed E-state index contributed by atoms with van der Waals surface area (Å²) in [5.74, 6) is -3.14. The second-order valence-corrected chi connectivity index (χ2v) is 8.79. The van der Waals surface area contributed by atoms with Crippen molar-refractivity contribution in [1.29, 1.82) is 0 Å². The van der Waals surface area contributed by atoms with Crippen LogP contribution in [0.2, 0.25) is 5.02 Å². The summed E-state index contributed by atoms with van der Waals surface area (Å²) in [4.78, 5) is 37.9. The van der Waals surface area contributed by atoms with Crippen molar-refractivity contribution < 1.29 is 31.9 Å². The van der Waals surface area contributed by atoms with Gasteiger partial charge >= 0.3 is 6.18 Å². The third-order valence-corrected chi connectivity index (χ3v) is 6.06. The zero-order valence-electron chi connectivity index (χ0n) is 19.1. The Morgan fingerprint density at radius 1 is 0.972 bits per heavy atom. The molecule has 3 amide bonds. The van der Waals surface area contributed by atoms with Gasteiger partial charge in [-0.2, -0.15) is 13.2 Å². The van der Waals surface area contributed by atoms with E-state index in [1.165, 1.54) is 0 Å². The van der Waals surface area contributed by atoms with E-state index in [1.54, 1.807) is 24.3 Å². The van der Waals surface area contributed by atoms with Crippen LogP contribution in [0.4, 0.5) is 17.6 Å². The number of halogens is 5. The molecule has 2 aromatic rings. The van der Waals surface area contributed by atoms with Crippen molar-refractivity contribution in [2.75, 3.05) is 26.2 Å². The second kappa shape index (κ2) is 11.7. The second-order valence-electron chi connectivity index (χ2n) is 8.35. The van der Waals surface area contributed by atoms with Crippen LogP contribution in [0, 0.1) is 5.82 Å². The van der Waals surface area contributed by atoms with Crippen molar-refractivity contribution in [3.05, 3.63) is 70.0 Å². The number of amides is 3. The van der Waals surface area contributed by atoms with Crippen molar-refractivity contribution in [2.24, 2.45) is 0 Å². The summed E-state index contributed by atoms with van der Waals surface area (Å²) in [7, 11) is 0. The zero-order chi connectivity index (χ0) is 26.3. The Balaban J connectivity index is 1.59. The molecule has 0 atom stereocenters. The van der Waals surface area contributed by atoms with E-state index in [2.05, 4.69) is 21.3 Å². The van der Waals surface area contributed by atoms with Crippen LogP contribution in [0.1, 0.15) is 34.3 Å². The number of alkyl halides is 3. The number of piperidine rings is 1. The molecule has 0 radical (unpaired) electrons. The highest BCUT2D eigenvalue weighted by Crippen LogP contribution is 2.32. The van der Waals surface area contributed by atoms with Crippen LogP contribution in [0.3, 0.4) is 0 Å². The van der Waals surface area contributed by atoms with E-state index in [-0.39, 0.29) is 31.8 Å². The van der Waals surface area contributed by atoms with E-state index in [0.717, 1.165) is 12.1 Å². The first-order chi connectivity index (χ1) is 17.0. The third-order valence-electron chi connectivity index (χ3n) is 5.81. The smallest absolute Gasteiger partial charge is 0.352 e. The van der Waals surface area contributed by atoms with Crippen LogP contribution in [0.25, 0.3) is 0 Å². The van der Waals surface area contributed by atoms with Gasteiger partial charge in [0.05, 0.1) is 12.0 Å². The topological polar surface area (TPSA) is 99.3 Å². The summed E-state index contributed by atoms with van der Waals surface area (Å²) in [5.41, 5.74) is -2.80. The van der Waals surface area contributed by atoms with Gasteiger partial charge in [-0.25, -0.2) is 4.39 Å². The maximum atomic E-state index is 14.3. The van der Waals surface area contributed by atoms with E-state index in [4.69, 9.17) is 11.6 Å². The number of carbonyl (C=O) groups excluding carboxylic acids is 3. The lowest BCUT2D eigenvalue weighted by molar-refractivity contribution is -0.140. The fourth-order valence-corrected chi connectivity index (χ4v) is 4.03. The van der Waals surface area contributed by atoms with Gasteiger partial charge in [-0.15, -0.1) is 0 Å². The quantitative estimate of drug-likeness (QED) is 0.313. The molecule has 1 fully saturated rings. The first kappa shape index (κ1) is 27.4. The number of hydrogen-bond acceptors (Lipinski definition) is 4. The van der Waals surface area contributed by atoms with Crippen molar-refractivity contribution in [3.8, 4) is 0 Å². The maximum absolute atomic E-state index is 14.3. The van der Waals surface area contributed by atoms with Crippen LogP contribution in [0.5, 0.6) is 0 Å². The Hall–Kier alpha value is -3.18. The molecule has 36 heavy (non-hydrogen) atoms. The Kier molecular flexibility index (Phi) is 8.91. The fraction of sp³-hybridized carbons (Fsp3) is 0.375. The number of hydrogen-bond donors (Lipinski definition) is 4. The molecule has 4 N–H and O–H groups in total. The molecule has 0 saturated carbocycles. The van der Waals surface area contributed by atoms with E-state index < -0.39 is 46.9 Å². The van der Waals surface area contributed by atoms with E-state index in [0.29, 0.717) is 29.7 Å². The molecular formula is C24H25ClF4N4O3. The van der Waals surface area contributed by atoms with Crippen molar-refractivity contribution in [2.45, 2.75) is 31.0 Å². The maximum Gasteiger partial charge on any atom is 0.419 e. The summed E-state index contributed by atoms with van der Waals surface area (Å²) in [5, 5.41) is 11.5. The summed E-state index contributed by atoms with van der Waals surface area (Å²) in [6.45, 7) is 1.02.